The Morgan fingerprint density at radius 1 is 1.77 bits per heavy atom. The minimum Gasteiger partial charge on any atom is -0.501 e. The molecule has 0 radical (unpaired) electrons. The molecule has 76 valence electrons. The molecule has 0 aromatic carbocycles. The summed E-state index contributed by atoms with van der Waals surface area (Å²) in [7, 11) is 1.67. The fourth-order valence-corrected chi connectivity index (χ4v) is 1.07. The number of carboxylic acid groups (broad SMARTS) is 1. The number of ether oxygens (including phenoxy) is 1. The van der Waals surface area contributed by atoms with Crippen molar-refractivity contribution < 1.29 is 19.7 Å². The highest BCUT2D eigenvalue weighted by Crippen LogP contribution is 2.23. The summed E-state index contributed by atoms with van der Waals surface area (Å²) in [5.74, 6) is 0.536. The van der Waals surface area contributed by atoms with Gasteiger partial charge in [0.1, 0.15) is 0 Å². The van der Waals surface area contributed by atoms with Crippen molar-refractivity contribution in [3.8, 4) is 0 Å². The van der Waals surface area contributed by atoms with Crippen molar-refractivity contribution >= 4 is 5.97 Å². The van der Waals surface area contributed by atoms with Crippen molar-refractivity contribution in [1.82, 2.24) is 0 Å². The van der Waals surface area contributed by atoms with Crippen LogP contribution in [0.5, 0.6) is 0 Å². The van der Waals surface area contributed by atoms with Crippen LogP contribution in [-0.2, 0) is 9.53 Å². The minimum absolute atomic E-state index is 0.257. The predicted molar refractivity (Wildman–Crippen MR) is 48.2 cm³/mol. The first-order valence-electron chi connectivity index (χ1n) is 4.15. The number of hydrogen-bond donors (Lipinski definition) is 2. The van der Waals surface area contributed by atoms with Crippen LogP contribution in [0.3, 0.4) is 0 Å². The molecule has 2 N–H and O–H groups in total. The highest BCUT2D eigenvalue weighted by atomic mass is 16.5. The third kappa shape index (κ3) is 6.16. The highest BCUT2D eigenvalue weighted by molar-refractivity contribution is 5.62. The molecule has 0 saturated heterocycles. The van der Waals surface area contributed by atoms with Crippen LogP contribution in [0, 0.1) is 5.92 Å². The minimum atomic E-state index is -0.833. The van der Waals surface area contributed by atoms with Crippen molar-refractivity contribution in [2.45, 2.75) is 19.8 Å². The largest absolute Gasteiger partial charge is 0.501 e. The van der Waals surface area contributed by atoms with Crippen molar-refractivity contribution in [3.63, 3.8) is 0 Å². The zero-order chi connectivity index (χ0) is 10.3. The molecular formula is C9H16O4. The number of aliphatic hydroxyl groups excluding tert-OH is 1. The van der Waals surface area contributed by atoms with Gasteiger partial charge in [0.2, 0.25) is 0 Å². The van der Waals surface area contributed by atoms with E-state index in [9.17, 15) is 0 Å². The van der Waals surface area contributed by atoms with Crippen LogP contribution in [0.4, 0.5) is 0 Å². The van der Waals surface area contributed by atoms with Gasteiger partial charge in [0.25, 0.3) is 5.97 Å². The van der Waals surface area contributed by atoms with Crippen LogP contribution in [0.25, 0.3) is 0 Å². The van der Waals surface area contributed by atoms with Crippen molar-refractivity contribution in [1.29, 1.82) is 0 Å². The maximum atomic E-state index is 9.00. The van der Waals surface area contributed by atoms with Crippen LogP contribution in [0.2, 0.25) is 0 Å². The summed E-state index contributed by atoms with van der Waals surface area (Å²) in [5, 5.41) is 16.1. The van der Waals surface area contributed by atoms with Crippen molar-refractivity contribution in [2.24, 2.45) is 5.92 Å². The average molecular weight is 188 g/mol. The monoisotopic (exact) mass is 188 g/mol. The van der Waals surface area contributed by atoms with E-state index in [4.69, 9.17) is 19.7 Å². The Balaban J connectivity index is 0.000000310. The molecule has 0 aromatic rings. The summed E-state index contributed by atoms with van der Waals surface area (Å²) < 4.78 is 4.99. The van der Waals surface area contributed by atoms with Gasteiger partial charge < -0.3 is 14.9 Å². The summed E-state index contributed by atoms with van der Waals surface area (Å²) in [5.41, 5.74) is 0. The molecule has 1 aliphatic rings. The number of carboxylic acids is 1. The second kappa shape index (κ2) is 6.48. The lowest BCUT2D eigenvalue weighted by Gasteiger charge is -1.96. The molecule has 1 unspecified atom stereocenters. The molecule has 1 atom stereocenters. The van der Waals surface area contributed by atoms with Crippen LogP contribution >= 0.6 is 0 Å². The molecule has 0 fully saturated rings. The molecule has 13 heavy (non-hydrogen) atoms. The number of aliphatic hydroxyl groups is 1. The molecule has 4 nitrogen and oxygen atoms in total. The molecule has 0 amide bonds. The van der Waals surface area contributed by atoms with E-state index in [1.807, 2.05) is 6.08 Å². The number of aliphatic carboxylic acids is 1. The zero-order valence-corrected chi connectivity index (χ0v) is 7.99. The lowest BCUT2D eigenvalue weighted by molar-refractivity contribution is -0.134. The predicted octanol–water partition coefficient (Wildman–Crippen LogP) is 1.01. The van der Waals surface area contributed by atoms with Gasteiger partial charge in [-0.1, -0.05) is 0 Å². The van der Waals surface area contributed by atoms with Crippen LogP contribution in [0.1, 0.15) is 19.8 Å². The van der Waals surface area contributed by atoms with Crippen LogP contribution in [0.15, 0.2) is 11.8 Å². The zero-order valence-electron chi connectivity index (χ0n) is 7.99. The van der Waals surface area contributed by atoms with E-state index in [-0.39, 0.29) is 6.61 Å². The van der Waals surface area contributed by atoms with Gasteiger partial charge in [-0.2, -0.15) is 0 Å². The standard InChI is InChI=1S/C7H12O2.C2H4O2/c1-9-7-3-2-6(4-7)5-8;1-2(3)4/h4,6,8H,2-3,5H2,1H3;1H3,(H,3,4). The van der Waals surface area contributed by atoms with Crippen molar-refractivity contribution in [2.75, 3.05) is 13.7 Å². The van der Waals surface area contributed by atoms with Gasteiger partial charge >= 0.3 is 0 Å². The van der Waals surface area contributed by atoms with Gasteiger partial charge in [0.05, 0.1) is 12.9 Å². The van der Waals surface area contributed by atoms with Crippen LogP contribution < -0.4 is 0 Å². The molecule has 0 spiro atoms. The maximum Gasteiger partial charge on any atom is 0.300 e. The molecule has 0 aromatic heterocycles. The van der Waals surface area contributed by atoms with E-state index in [0.29, 0.717) is 5.92 Å². The van der Waals surface area contributed by atoms with Gasteiger partial charge in [-0.25, -0.2) is 0 Å². The summed E-state index contributed by atoms with van der Waals surface area (Å²) >= 11 is 0. The number of methoxy groups -OCH3 is 1. The Morgan fingerprint density at radius 3 is 2.54 bits per heavy atom. The third-order valence-electron chi connectivity index (χ3n) is 1.68. The molecule has 1 aliphatic carbocycles. The van der Waals surface area contributed by atoms with Gasteiger partial charge in [-0.05, 0) is 12.5 Å². The van der Waals surface area contributed by atoms with Gasteiger partial charge in [-0.3, -0.25) is 4.79 Å². The maximum absolute atomic E-state index is 9.00. The Bertz CT molecular complexity index is 182. The first kappa shape index (κ1) is 12.0. The molecule has 0 saturated carbocycles. The number of hydrogen-bond acceptors (Lipinski definition) is 3. The van der Waals surface area contributed by atoms with Gasteiger partial charge in [0, 0.05) is 25.9 Å². The quantitative estimate of drug-likeness (QED) is 0.678. The topological polar surface area (TPSA) is 66.8 Å². The molecule has 0 bridgehead atoms. The number of rotatable bonds is 2. The Morgan fingerprint density at radius 2 is 2.31 bits per heavy atom. The SMILES string of the molecule is CC(=O)O.COC1=CC(CO)CC1. The van der Waals surface area contributed by atoms with Crippen molar-refractivity contribution in [3.05, 3.63) is 11.8 Å². The molecule has 1 rings (SSSR count). The van der Waals surface area contributed by atoms with E-state index in [1.54, 1.807) is 7.11 Å². The van der Waals surface area contributed by atoms with Gasteiger partial charge in [0.15, 0.2) is 0 Å². The van der Waals surface area contributed by atoms with E-state index >= 15 is 0 Å². The lowest BCUT2D eigenvalue weighted by Crippen LogP contribution is -1.96. The summed E-state index contributed by atoms with van der Waals surface area (Å²) in [4.78, 5) is 9.00. The molecule has 0 heterocycles. The summed E-state index contributed by atoms with van der Waals surface area (Å²) in [6.45, 7) is 1.34. The second-order valence-electron chi connectivity index (χ2n) is 2.84. The van der Waals surface area contributed by atoms with E-state index in [0.717, 1.165) is 25.5 Å². The average Bonchev–Trinajstić information content (AvgIpc) is 2.50. The lowest BCUT2D eigenvalue weighted by atomic mass is 10.1. The molecule has 4 heteroatoms. The Kier molecular flexibility index (Phi) is 5.97. The van der Waals surface area contributed by atoms with E-state index < -0.39 is 5.97 Å². The molecular weight excluding hydrogens is 172 g/mol. The second-order valence-corrected chi connectivity index (χ2v) is 2.84. The smallest absolute Gasteiger partial charge is 0.300 e. The number of carbonyl (C=O) groups is 1. The van der Waals surface area contributed by atoms with Gasteiger partial charge in [-0.15, -0.1) is 0 Å². The fraction of sp³-hybridized carbons (Fsp3) is 0.667. The first-order valence-corrected chi connectivity index (χ1v) is 4.15. The Labute approximate surface area is 77.8 Å². The Hall–Kier alpha value is -1.03. The number of allylic oxidation sites excluding steroid dienone is 1. The highest BCUT2D eigenvalue weighted by Gasteiger charge is 2.14. The fourth-order valence-electron chi connectivity index (χ4n) is 1.07. The first-order chi connectivity index (χ1) is 6.10. The van der Waals surface area contributed by atoms with E-state index in [1.165, 1.54) is 0 Å². The molecule has 0 aliphatic heterocycles. The van der Waals surface area contributed by atoms with Crippen LogP contribution in [-0.4, -0.2) is 29.9 Å². The summed E-state index contributed by atoms with van der Waals surface area (Å²) in [6.07, 6.45) is 4.03. The van der Waals surface area contributed by atoms with E-state index in [2.05, 4.69) is 0 Å². The summed E-state index contributed by atoms with van der Waals surface area (Å²) in [6, 6.07) is 0. The third-order valence-corrected chi connectivity index (χ3v) is 1.68. The normalized spacial score (nSPS) is 19.9.